The Morgan fingerprint density at radius 3 is 2.38 bits per heavy atom. The van der Waals surface area contributed by atoms with E-state index in [9.17, 15) is 24.6 Å². The lowest BCUT2D eigenvalue weighted by Crippen LogP contribution is -2.66. The molecule has 10 atom stereocenters. The zero-order valence-corrected chi connectivity index (χ0v) is 16.6. The van der Waals surface area contributed by atoms with E-state index in [1.165, 1.54) is 6.92 Å². The topological polar surface area (TPSA) is 129 Å². The summed E-state index contributed by atoms with van der Waals surface area (Å²) in [6.45, 7) is 7.47. The molecule has 6 rings (SSSR count). The Morgan fingerprint density at radius 1 is 1.03 bits per heavy atom. The molecule has 0 radical (unpaired) electrons. The minimum absolute atomic E-state index is 0.0623. The van der Waals surface area contributed by atoms with E-state index in [1.54, 1.807) is 0 Å². The third kappa shape index (κ3) is 1.35. The van der Waals surface area contributed by atoms with Crippen molar-refractivity contribution in [1.29, 1.82) is 0 Å². The fraction of sp³-hybridized carbons (Fsp3) is 0.850. The second kappa shape index (κ2) is 4.48. The molecule has 2 saturated carbocycles. The average molecular weight is 408 g/mol. The number of rotatable bonds is 0. The Hall–Kier alpha value is -1.71. The number of aliphatic hydroxyl groups excluding tert-OH is 1. The van der Waals surface area contributed by atoms with Crippen LogP contribution in [-0.4, -0.2) is 63.9 Å². The Labute approximate surface area is 166 Å². The average Bonchev–Trinajstić information content (AvgIpc) is 3.31. The summed E-state index contributed by atoms with van der Waals surface area (Å²) < 4.78 is 22.9. The van der Waals surface area contributed by atoms with Gasteiger partial charge in [0.15, 0.2) is 11.7 Å². The summed E-state index contributed by atoms with van der Waals surface area (Å²) in [4.78, 5) is 38.1. The monoisotopic (exact) mass is 408 g/mol. The molecule has 6 aliphatic rings. The van der Waals surface area contributed by atoms with E-state index in [1.807, 2.05) is 20.8 Å². The summed E-state index contributed by atoms with van der Waals surface area (Å²) in [5.41, 5.74) is -6.81. The molecule has 9 heteroatoms. The minimum Gasteiger partial charge on any atom is -0.459 e. The lowest BCUT2D eigenvalue weighted by atomic mass is 9.51. The van der Waals surface area contributed by atoms with Crippen molar-refractivity contribution < 1.29 is 43.5 Å². The van der Waals surface area contributed by atoms with E-state index in [2.05, 4.69) is 0 Å². The maximum absolute atomic E-state index is 13.3. The molecule has 6 fully saturated rings. The fourth-order valence-corrected chi connectivity index (χ4v) is 8.06. The van der Waals surface area contributed by atoms with Gasteiger partial charge in [-0.05, 0) is 24.7 Å². The van der Waals surface area contributed by atoms with Crippen LogP contribution in [0.4, 0.5) is 0 Å². The molecule has 0 bridgehead atoms. The second-order valence-electron chi connectivity index (χ2n) is 10.6. The van der Waals surface area contributed by atoms with Gasteiger partial charge in [0.05, 0.1) is 16.7 Å². The highest BCUT2D eigenvalue weighted by molar-refractivity contribution is 5.93. The zero-order valence-electron chi connectivity index (χ0n) is 16.6. The van der Waals surface area contributed by atoms with E-state index >= 15 is 0 Å². The van der Waals surface area contributed by atoms with Crippen molar-refractivity contribution in [3.8, 4) is 0 Å². The van der Waals surface area contributed by atoms with Gasteiger partial charge in [0, 0.05) is 6.42 Å². The molecule has 9 nitrogen and oxygen atoms in total. The van der Waals surface area contributed by atoms with Crippen LogP contribution in [0.5, 0.6) is 0 Å². The molecule has 29 heavy (non-hydrogen) atoms. The molecule has 4 heterocycles. The highest BCUT2D eigenvalue weighted by Gasteiger charge is 3.01. The van der Waals surface area contributed by atoms with Crippen molar-refractivity contribution >= 4 is 17.9 Å². The number of esters is 3. The highest BCUT2D eigenvalue weighted by Crippen LogP contribution is 2.84. The molecule has 2 aliphatic carbocycles. The highest BCUT2D eigenvalue weighted by atomic mass is 16.8. The molecule has 4 saturated heterocycles. The largest absolute Gasteiger partial charge is 0.459 e. The van der Waals surface area contributed by atoms with Crippen LogP contribution in [0.25, 0.3) is 0 Å². The lowest BCUT2D eigenvalue weighted by Gasteiger charge is -2.46. The first-order valence-electron chi connectivity index (χ1n) is 10.1. The van der Waals surface area contributed by atoms with E-state index in [0.29, 0.717) is 6.42 Å². The first kappa shape index (κ1) is 18.1. The normalized spacial score (nSPS) is 59.2. The second-order valence-corrected chi connectivity index (χ2v) is 10.6. The SMILES string of the molecule is C[C@@H]1C(=O)O[C@H]2C[C@@]34[C@H]5C[C@@H](C(C)(C)C)[C@]36[C@@H](OC(=O)[C@@H]6O)OC4(C(=O)O5)[C@]21O. The molecule has 1 unspecified atom stereocenters. The molecular formula is C20H24O9. The minimum atomic E-state index is -1.97. The summed E-state index contributed by atoms with van der Waals surface area (Å²) in [5.74, 6) is -3.52. The van der Waals surface area contributed by atoms with Crippen LogP contribution in [0.3, 0.4) is 0 Å². The van der Waals surface area contributed by atoms with Gasteiger partial charge in [0.25, 0.3) is 0 Å². The summed E-state index contributed by atoms with van der Waals surface area (Å²) in [7, 11) is 0. The van der Waals surface area contributed by atoms with Crippen LogP contribution in [0.15, 0.2) is 0 Å². The van der Waals surface area contributed by atoms with Crippen LogP contribution in [-0.2, 0) is 33.3 Å². The number of aliphatic hydroxyl groups is 2. The molecule has 0 aromatic rings. The van der Waals surface area contributed by atoms with E-state index < -0.39 is 70.5 Å². The summed E-state index contributed by atoms with van der Waals surface area (Å²) >= 11 is 0. The lowest BCUT2D eigenvalue weighted by molar-refractivity contribution is -0.238. The predicted molar refractivity (Wildman–Crippen MR) is 90.6 cm³/mol. The molecule has 2 spiro atoms. The van der Waals surface area contributed by atoms with Gasteiger partial charge >= 0.3 is 17.9 Å². The predicted octanol–water partition coefficient (Wildman–Crippen LogP) is -0.340. The number of carbonyl (C=O) groups is 3. The van der Waals surface area contributed by atoms with Gasteiger partial charge in [0.1, 0.15) is 12.2 Å². The van der Waals surface area contributed by atoms with Gasteiger partial charge < -0.3 is 29.2 Å². The zero-order chi connectivity index (χ0) is 20.9. The van der Waals surface area contributed by atoms with Crippen LogP contribution in [0.1, 0.15) is 40.5 Å². The van der Waals surface area contributed by atoms with E-state index in [0.717, 1.165) is 0 Å². The van der Waals surface area contributed by atoms with Gasteiger partial charge in [-0.3, -0.25) is 4.79 Å². The molecule has 158 valence electrons. The van der Waals surface area contributed by atoms with Crippen molar-refractivity contribution in [2.24, 2.45) is 28.1 Å². The Morgan fingerprint density at radius 2 is 1.72 bits per heavy atom. The van der Waals surface area contributed by atoms with E-state index in [4.69, 9.17) is 18.9 Å². The van der Waals surface area contributed by atoms with E-state index in [-0.39, 0.29) is 17.8 Å². The summed E-state index contributed by atoms with van der Waals surface area (Å²) in [6.07, 6.45) is -3.96. The van der Waals surface area contributed by atoms with Crippen LogP contribution < -0.4 is 0 Å². The van der Waals surface area contributed by atoms with Crippen molar-refractivity contribution in [2.45, 2.75) is 76.3 Å². The number of fused-ring (bicyclic) bond motifs is 1. The molecule has 0 aromatic heterocycles. The molecule has 0 aromatic carbocycles. The summed E-state index contributed by atoms with van der Waals surface area (Å²) in [5, 5.41) is 23.0. The number of hydrogen-bond acceptors (Lipinski definition) is 9. The van der Waals surface area contributed by atoms with Crippen molar-refractivity contribution in [1.82, 2.24) is 0 Å². The standard InChI is InChI=1S/C20H24O9/c1-7-12(22)26-10-6-17-9-5-8(16(2,3)4)18(17)11(21)13(23)28-15(18)29-20(17,14(24)27-9)19(7,10)25/h7-11,15,21,25H,5-6H2,1-4H3/t7-,8+,9-,10+,11+,15+,17-,18+,19-,20?/m1/s1. The fourth-order valence-electron chi connectivity index (χ4n) is 8.06. The Bertz CT molecular complexity index is 893. The molecular weight excluding hydrogens is 384 g/mol. The van der Waals surface area contributed by atoms with Gasteiger partial charge in [-0.15, -0.1) is 0 Å². The number of hydrogen-bond donors (Lipinski definition) is 2. The number of carbonyl (C=O) groups excluding carboxylic acids is 3. The summed E-state index contributed by atoms with van der Waals surface area (Å²) in [6, 6.07) is 0. The van der Waals surface area contributed by atoms with Crippen LogP contribution in [0.2, 0.25) is 0 Å². The maximum Gasteiger partial charge on any atom is 0.342 e. The molecule has 4 aliphatic heterocycles. The number of ether oxygens (including phenoxy) is 4. The van der Waals surface area contributed by atoms with Gasteiger partial charge in [-0.1, -0.05) is 20.8 Å². The van der Waals surface area contributed by atoms with Crippen LogP contribution >= 0.6 is 0 Å². The van der Waals surface area contributed by atoms with Crippen molar-refractivity contribution in [2.75, 3.05) is 0 Å². The molecule has 0 amide bonds. The van der Waals surface area contributed by atoms with Gasteiger partial charge in [-0.25, -0.2) is 9.59 Å². The first-order chi connectivity index (χ1) is 13.4. The van der Waals surface area contributed by atoms with Gasteiger partial charge in [0.2, 0.25) is 11.9 Å². The quantitative estimate of drug-likeness (QED) is 0.408. The first-order valence-corrected chi connectivity index (χ1v) is 10.1. The third-order valence-corrected chi connectivity index (χ3v) is 8.97. The van der Waals surface area contributed by atoms with Crippen molar-refractivity contribution in [3.05, 3.63) is 0 Å². The third-order valence-electron chi connectivity index (χ3n) is 8.97. The maximum atomic E-state index is 13.3. The smallest absolute Gasteiger partial charge is 0.342 e. The molecule has 2 N–H and O–H groups in total. The Kier molecular flexibility index (Phi) is 2.79. The Balaban J connectivity index is 1.68. The van der Waals surface area contributed by atoms with Crippen molar-refractivity contribution in [3.63, 3.8) is 0 Å². The van der Waals surface area contributed by atoms with Crippen LogP contribution in [0, 0.1) is 28.1 Å². The van der Waals surface area contributed by atoms with Gasteiger partial charge in [-0.2, -0.15) is 0 Å².